The molecular weight excluding hydrogens is 230 g/mol. The van der Waals surface area contributed by atoms with Crippen LogP contribution in [-0.2, 0) is 4.79 Å². The Hall–Kier alpha value is -1.66. The van der Waals surface area contributed by atoms with Crippen molar-refractivity contribution in [1.29, 1.82) is 0 Å². The number of hydrazine groups is 1. The van der Waals surface area contributed by atoms with Gasteiger partial charge in [0, 0.05) is 25.3 Å². The van der Waals surface area contributed by atoms with E-state index in [9.17, 15) is 4.79 Å². The fourth-order valence-corrected chi connectivity index (χ4v) is 2.02. The summed E-state index contributed by atoms with van der Waals surface area (Å²) in [6.45, 7) is 2.30. The molecule has 1 atom stereocenters. The molecule has 0 bridgehead atoms. The number of likely N-dealkylation sites (N-methyl/N-ethyl adjacent to an activating group) is 1. The van der Waals surface area contributed by atoms with E-state index in [4.69, 9.17) is 0 Å². The van der Waals surface area contributed by atoms with E-state index in [2.05, 4.69) is 26.1 Å². The van der Waals surface area contributed by atoms with E-state index in [0.717, 1.165) is 19.5 Å². The lowest BCUT2D eigenvalue weighted by Gasteiger charge is -2.15. The zero-order valence-corrected chi connectivity index (χ0v) is 10.5. The van der Waals surface area contributed by atoms with Crippen LogP contribution in [0.1, 0.15) is 6.42 Å². The van der Waals surface area contributed by atoms with Crippen LogP contribution < -0.4 is 16.2 Å². The topological polar surface area (TPSA) is 69.3 Å². The van der Waals surface area contributed by atoms with Gasteiger partial charge < -0.3 is 5.32 Å². The highest BCUT2D eigenvalue weighted by Gasteiger charge is 2.22. The maximum atomic E-state index is 11.7. The lowest BCUT2D eigenvalue weighted by atomic mass is 10.3. The van der Waals surface area contributed by atoms with Crippen molar-refractivity contribution in [1.82, 2.24) is 20.6 Å². The summed E-state index contributed by atoms with van der Waals surface area (Å²) < 4.78 is 0. The molecule has 1 amide bonds. The molecule has 6 heteroatoms. The smallest absolute Gasteiger partial charge is 0.252 e. The van der Waals surface area contributed by atoms with E-state index < -0.39 is 0 Å². The van der Waals surface area contributed by atoms with Gasteiger partial charge in [-0.3, -0.25) is 20.5 Å². The first-order valence-corrected chi connectivity index (χ1v) is 6.13. The van der Waals surface area contributed by atoms with Gasteiger partial charge in [-0.25, -0.2) is 4.98 Å². The predicted octanol–water partition coefficient (Wildman–Crippen LogP) is -0.182. The summed E-state index contributed by atoms with van der Waals surface area (Å²) in [5.74, 6) is 0.595. The number of hydrogen-bond acceptors (Lipinski definition) is 5. The number of nitrogens with one attached hydrogen (secondary N) is 3. The second-order valence-electron chi connectivity index (χ2n) is 4.40. The normalized spacial score (nSPS) is 19.7. The molecule has 2 heterocycles. The van der Waals surface area contributed by atoms with Crippen molar-refractivity contribution >= 4 is 11.7 Å². The van der Waals surface area contributed by atoms with Gasteiger partial charge in [-0.15, -0.1) is 0 Å². The highest BCUT2D eigenvalue weighted by Crippen LogP contribution is 2.07. The van der Waals surface area contributed by atoms with Crippen molar-refractivity contribution < 1.29 is 4.79 Å². The summed E-state index contributed by atoms with van der Waals surface area (Å²) in [6.07, 6.45) is 2.77. The number of hydrogen-bond donors (Lipinski definition) is 3. The van der Waals surface area contributed by atoms with Crippen LogP contribution in [0.4, 0.5) is 5.82 Å². The molecular formula is C12H19N5O. The van der Waals surface area contributed by atoms with Gasteiger partial charge in [-0.05, 0) is 25.6 Å². The van der Waals surface area contributed by atoms with Gasteiger partial charge in [-0.1, -0.05) is 6.07 Å². The number of likely N-dealkylation sites (tertiary alicyclic amines) is 1. The Morgan fingerprint density at radius 2 is 2.44 bits per heavy atom. The third kappa shape index (κ3) is 3.68. The largest absolute Gasteiger partial charge is 0.316 e. The number of carbonyl (C=O) groups is 1. The Morgan fingerprint density at radius 1 is 1.56 bits per heavy atom. The van der Waals surface area contributed by atoms with Crippen LogP contribution in [0.15, 0.2) is 24.4 Å². The summed E-state index contributed by atoms with van der Waals surface area (Å²) in [7, 11) is 1.96. The van der Waals surface area contributed by atoms with Crippen LogP contribution in [0.5, 0.6) is 0 Å². The molecule has 1 aromatic rings. The van der Waals surface area contributed by atoms with E-state index in [-0.39, 0.29) is 5.91 Å². The average molecular weight is 249 g/mol. The Balaban J connectivity index is 1.70. The molecule has 2 rings (SSSR count). The Kier molecular flexibility index (Phi) is 4.49. The molecule has 1 aromatic heterocycles. The number of pyridine rings is 1. The highest BCUT2D eigenvalue weighted by molar-refractivity contribution is 5.79. The maximum Gasteiger partial charge on any atom is 0.252 e. The van der Waals surface area contributed by atoms with Crippen molar-refractivity contribution in [2.75, 3.05) is 32.1 Å². The summed E-state index contributed by atoms with van der Waals surface area (Å²) in [5, 5.41) is 3.23. The molecule has 0 saturated carbocycles. The fraction of sp³-hybridized carbons (Fsp3) is 0.500. The Bertz CT molecular complexity index is 383. The molecule has 18 heavy (non-hydrogen) atoms. The second-order valence-corrected chi connectivity index (χ2v) is 4.40. The number of nitrogens with zero attached hydrogens (tertiary/aromatic N) is 2. The summed E-state index contributed by atoms with van der Waals surface area (Å²) in [6, 6.07) is 5.99. The van der Waals surface area contributed by atoms with Crippen LogP contribution in [0, 0.1) is 0 Å². The molecule has 1 saturated heterocycles. The molecule has 1 unspecified atom stereocenters. The Labute approximate surface area is 107 Å². The maximum absolute atomic E-state index is 11.7. The standard InChI is InChI=1S/C12H19N5O/c1-13-10-5-7-17(8-10)9-12(18)16-15-11-4-2-3-6-14-11/h2-4,6,10,13H,5,7-9H2,1H3,(H,14,15)(H,16,18). The third-order valence-corrected chi connectivity index (χ3v) is 3.04. The zero-order chi connectivity index (χ0) is 12.8. The van der Waals surface area contributed by atoms with Gasteiger partial charge >= 0.3 is 0 Å². The average Bonchev–Trinajstić information content (AvgIpc) is 2.85. The van der Waals surface area contributed by atoms with E-state index in [0.29, 0.717) is 18.4 Å². The Morgan fingerprint density at radius 3 is 3.11 bits per heavy atom. The molecule has 0 aromatic carbocycles. The molecule has 98 valence electrons. The molecule has 0 aliphatic carbocycles. The van der Waals surface area contributed by atoms with Crippen molar-refractivity contribution in [2.24, 2.45) is 0 Å². The number of anilines is 1. The quantitative estimate of drug-likeness (QED) is 0.632. The molecule has 0 radical (unpaired) electrons. The fourth-order valence-electron chi connectivity index (χ4n) is 2.02. The van der Waals surface area contributed by atoms with Crippen molar-refractivity contribution in [3.8, 4) is 0 Å². The molecule has 1 fully saturated rings. The van der Waals surface area contributed by atoms with E-state index in [1.807, 2.05) is 19.2 Å². The summed E-state index contributed by atoms with van der Waals surface area (Å²) in [4.78, 5) is 17.9. The second kappa shape index (κ2) is 6.32. The van der Waals surface area contributed by atoms with Gasteiger partial charge in [0.1, 0.15) is 5.82 Å². The van der Waals surface area contributed by atoms with Crippen LogP contribution in [0.3, 0.4) is 0 Å². The van der Waals surface area contributed by atoms with Crippen molar-refractivity contribution in [3.63, 3.8) is 0 Å². The van der Waals surface area contributed by atoms with E-state index >= 15 is 0 Å². The lowest BCUT2D eigenvalue weighted by Crippen LogP contribution is -2.40. The first-order valence-electron chi connectivity index (χ1n) is 6.13. The van der Waals surface area contributed by atoms with Gasteiger partial charge in [-0.2, -0.15) is 0 Å². The number of aromatic nitrogens is 1. The minimum absolute atomic E-state index is 0.0441. The van der Waals surface area contributed by atoms with E-state index in [1.54, 1.807) is 12.3 Å². The van der Waals surface area contributed by atoms with Crippen LogP contribution >= 0.6 is 0 Å². The molecule has 1 aliphatic rings. The summed E-state index contributed by atoms with van der Waals surface area (Å²) in [5.41, 5.74) is 5.44. The van der Waals surface area contributed by atoms with Gasteiger partial charge in [0.2, 0.25) is 0 Å². The molecule has 0 spiro atoms. The van der Waals surface area contributed by atoms with Crippen LogP contribution in [-0.4, -0.2) is 48.5 Å². The highest BCUT2D eigenvalue weighted by atomic mass is 16.2. The molecule has 6 nitrogen and oxygen atoms in total. The molecule has 3 N–H and O–H groups in total. The van der Waals surface area contributed by atoms with E-state index in [1.165, 1.54) is 0 Å². The van der Waals surface area contributed by atoms with Gasteiger partial charge in [0.05, 0.1) is 6.54 Å². The summed E-state index contributed by atoms with van der Waals surface area (Å²) >= 11 is 0. The van der Waals surface area contributed by atoms with Crippen LogP contribution in [0.25, 0.3) is 0 Å². The molecule has 1 aliphatic heterocycles. The first kappa shape index (κ1) is 12.8. The SMILES string of the molecule is CNC1CCN(CC(=O)NNc2ccccn2)C1. The van der Waals surface area contributed by atoms with Gasteiger partial charge in [0.25, 0.3) is 5.91 Å². The monoisotopic (exact) mass is 249 g/mol. The minimum Gasteiger partial charge on any atom is -0.316 e. The number of rotatable bonds is 5. The minimum atomic E-state index is -0.0441. The van der Waals surface area contributed by atoms with Crippen molar-refractivity contribution in [3.05, 3.63) is 24.4 Å². The predicted molar refractivity (Wildman–Crippen MR) is 69.9 cm³/mol. The van der Waals surface area contributed by atoms with Crippen LogP contribution in [0.2, 0.25) is 0 Å². The number of amides is 1. The lowest BCUT2D eigenvalue weighted by molar-refractivity contribution is -0.121. The first-order chi connectivity index (χ1) is 8.78. The number of carbonyl (C=O) groups excluding carboxylic acids is 1. The van der Waals surface area contributed by atoms with Gasteiger partial charge in [0.15, 0.2) is 0 Å². The zero-order valence-electron chi connectivity index (χ0n) is 10.5. The third-order valence-electron chi connectivity index (χ3n) is 3.04. The van der Waals surface area contributed by atoms with Crippen molar-refractivity contribution in [2.45, 2.75) is 12.5 Å².